The van der Waals surface area contributed by atoms with E-state index in [1.165, 1.54) is 10.9 Å². The molecule has 6 nitrogen and oxygen atoms in total. The summed E-state index contributed by atoms with van der Waals surface area (Å²) in [5, 5.41) is 17.3. The van der Waals surface area contributed by atoms with Crippen LogP contribution in [0.3, 0.4) is 0 Å². The van der Waals surface area contributed by atoms with Gasteiger partial charge in [0, 0.05) is 12.6 Å². The van der Waals surface area contributed by atoms with Crippen molar-refractivity contribution in [1.82, 2.24) is 15.0 Å². The van der Waals surface area contributed by atoms with Gasteiger partial charge in [-0.05, 0) is 32.0 Å². The highest BCUT2D eigenvalue weighted by molar-refractivity contribution is 5.90. The zero-order valence-electron chi connectivity index (χ0n) is 11.0. The molecule has 19 heavy (non-hydrogen) atoms. The van der Waals surface area contributed by atoms with Crippen LogP contribution in [0.1, 0.15) is 24.2 Å². The Kier molecular flexibility index (Phi) is 3.50. The van der Waals surface area contributed by atoms with E-state index in [0.29, 0.717) is 17.0 Å². The van der Waals surface area contributed by atoms with Crippen molar-refractivity contribution >= 4 is 5.97 Å². The highest BCUT2D eigenvalue weighted by atomic mass is 16.5. The Morgan fingerprint density at radius 3 is 2.63 bits per heavy atom. The molecule has 100 valence electrons. The number of carboxylic acids is 1. The summed E-state index contributed by atoms with van der Waals surface area (Å²) in [4.78, 5) is 12.6. The quantitative estimate of drug-likeness (QED) is 0.910. The number of nitrogens with zero attached hydrogens (tertiary/aromatic N) is 3. The predicted molar refractivity (Wildman–Crippen MR) is 69.2 cm³/mol. The lowest BCUT2D eigenvalue weighted by molar-refractivity contribution is 0.0696. The van der Waals surface area contributed by atoms with Crippen molar-refractivity contribution in [3.8, 4) is 17.0 Å². The van der Waals surface area contributed by atoms with Crippen LogP contribution < -0.4 is 4.74 Å². The molecular weight excluding hydrogens is 246 g/mol. The van der Waals surface area contributed by atoms with Crippen LogP contribution in [0.2, 0.25) is 0 Å². The van der Waals surface area contributed by atoms with E-state index >= 15 is 0 Å². The number of aromatic carboxylic acids is 1. The summed E-state index contributed by atoms with van der Waals surface area (Å²) >= 11 is 0. The van der Waals surface area contributed by atoms with E-state index in [-0.39, 0.29) is 11.7 Å². The third kappa shape index (κ3) is 3.09. The largest absolute Gasteiger partial charge is 0.491 e. The van der Waals surface area contributed by atoms with E-state index in [1.807, 2.05) is 13.8 Å². The molecule has 0 aliphatic rings. The van der Waals surface area contributed by atoms with E-state index in [0.717, 1.165) is 0 Å². The Bertz CT molecular complexity index is 605. The van der Waals surface area contributed by atoms with E-state index < -0.39 is 5.97 Å². The summed E-state index contributed by atoms with van der Waals surface area (Å²) in [5.41, 5.74) is 1.45. The SMILES string of the molecule is CC(C)Oc1cc(C(=O)O)cc(-c2cnn(C)n2)c1. The van der Waals surface area contributed by atoms with Gasteiger partial charge in [0.15, 0.2) is 0 Å². The first-order chi connectivity index (χ1) is 8.95. The smallest absolute Gasteiger partial charge is 0.335 e. The Balaban J connectivity index is 2.47. The number of hydrogen-bond donors (Lipinski definition) is 1. The number of ether oxygens (including phenoxy) is 1. The predicted octanol–water partition coefficient (Wildman–Crippen LogP) is 1.97. The maximum atomic E-state index is 11.1. The fraction of sp³-hybridized carbons (Fsp3) is 0.308. The summed E-state index contributed by atoms with van der Waals surface area (Å²) in [6, 6.07) is 4.82. The number of rotatable bonds is 4. The Morgan fingerprint density at radius 2 is 2.11 bits per heavy atom. The zero-order chi connectivity index (χ0) is 14.0. The van der Waals surface area contributed by atoms with Gasteiger partial charge in [0.05, 0.1) is 17.9 Å². The highest BCUT2D eigenvalue weighted by Crippen LogP contribution is 2.25. The lowest BCUT2D eigenvalue weighted by Gasteiger charge is -2.11. The zero-order valence-corrected chi connectivity index (χ0v) is 11.0. The van der Waals surface area contributed by atoms with Crippen LogP contribution in [0.4, 0.5) is 0 Å². The van der Waals surface area contributed by atoms with Crippen molar-refractivity contribution in [3.63, 3.8) is 0 Å². The van der Waals surface area contributed by atoms with Crippen molar-refractivity contribution in [2.75, 3.05) is 0 Å². The van der Waals surface area contributed by atoms with E-state index in [1.54, 1.807) is 25.4 Å². The minimum Gasteiger partial charge on any atom is -0.491 e. The molecule has 1 heterocycles. The molecule has 0 aliphatic heterocycles. The summed E-state index contributed by atoms with van der Waals surface area (Å²) in [6.45, 7) is 3.77. The highest BCUT2D eigenvalue weighted by Gasteiger charge is 2.12. The molecule has 6 heteroatoms. The van der Waals surface area contributed by atoms with Crippen LogP contribution >= 0.6 is 0 Å². The van der Waals surface area contributed by atoms with Gasteiger partial charge in [-0.2, -0.15) is 15.0 Å². The van der Waals surface area contributed by atoms with Gasteiger partial charge >= 0.3 is 5.97 Å². The van der Waals surface area contributed by atoms with Crippen LogP contribution in [0.5, 0.6) is 5.75 Å². The molecule has 0 spiro atoms. The summed E-state index contributed by atoms with van der Waals surface area (Å²) in [6.07, 6.45) is 1.55. The molecule has 2 rings (SSSR count). The van der Waals surface area contributed by atoms with Gasteiger partial charge in [0.25, 0.3) is 0 Å². The molecule has 2 aromatic rings. The minimum absolute atomic E-state index is 0.0289. The Hall–Kier alpha value is -2.37. The lowest BCUT2D eigenvalue weighted by Crippen LogP contribution is -2.07. The lowest BCUT2D eigenvalue weighted by atomic mass is 10.1. The summed E-state index contributed by atoms with van der Waals surface area (Å²) in [7, 11) is 1.70. The molecule has 0 saturated carbocycles. The molecule has 0 fully saturated rings. The maximum Gasteiger partial charge on any atom is 0.335 e. The van der Waals surface area contributed by atoms with E-state index in [4.69, 9.17) is 9.84 Å². The first-order valence-corrected chi connectivity index (χ1v) is 5.87. The van der Waals surface area contributed by atoms with Gasteiger partial charge in [-0.15, -0.1) is 0 Å². The van der Waals surface area contributed by atoms with Crippen molar-refractivity contribution in [2.45, 2.75) is 20.0 Å². The van der Waals surface area contributed by atoms with Crippen molar-refractivity contribution in [2.24, 2.45) is 7.05 Å². The van der Waals surface area contributed by atoms with Gasteiger partial charge in [-0.1, -0.05) is 0 Å². The molecule has 0 aliphatic carbocycles. The van der Waals surface area contributed by atoms with Crippen LogP contribution in [0.15, 0.2) is 24.4 Å². The van der Waals surface area contributed by atoms with Gasteiger partial charge in [-0.3, -0.25) is 0 Å². The molecule has 0 amide bonds. The number of carbonyl (C=O) groups is 1. The first-order valence-electron chi connectivity index (χ1n) is 5.87. The maximum absolute atomic E-state index is 11.1. The fourth-order valence-electron chi connectivity index (χ4n) is 1.69. The fourth-order valence-corrected chi connectivity index (χ4v) is 1.69. The molecule has 0 unspecified atom stereocenters. The number of hydrogen-bond acceptors (Lipinski definition) is 4. The molecule has 1 aromatic carbocycles. The van der Waals surface area contributed by atoms with Gasteiger partial charge in [0.1, 0.15) is 11.4 Å². The molecular formula is C13H15N3O3. The monoisotopic (exact) mass is 261 g/mol. The molecule has 0 atom stereocenters. The molecule has 1 N–H and O–H groups in total. The van der Waals surface area contributed by atoms with Crippen LogP contribution in [0.25, 0.3) is 11.3 Å². The third-order valence-electron chi connectivity index (χ3n) is 2.42. The van der Waals surface area contributed by atoms with E-state index in [2.05, 4.69) is 10.2 Å². The molecule has 0 saturated heterocycles. The van der Waals surface area contributed by atoms with Crippen LogP contribution in [0, 0.1) is 0 Å². The summed E-state index contributed by atoms with van der Waals surface area (Å²) < 4.78 is 5.56. The standard InChI is InChI=1S/C13H15N3O3/c1-8(2)19-11-5-9(4-10(6-11)13(17)18)12-7-14-16(3)15-12/h4-8H,1-3H3,(H,17,18). The first kappa shape index (κ1) is 13.1. The number of benzene rings is 1. The number of carboxylic acid groups (broad SMARTS) is 1. The Morgan fingerprint density at radius 1 is 1.37 bits per heavy atom. The number of aromatic nitrogens is 3. The van der Waals surface area contributed by atoms with Crippen molar-refractivity contribution in [1.29, 1.82) is 0 Å². The summed E-state index contributed by atoms with van der Waals surface area (Å²) in [5.74, 6) is -0.491. The van der Waals surface area contributed by atoms with Gasteiger partial charge < -0.3 is 9.84 Å². The Labute approximate surface area is 110 Å². The third-order valence-corrected chi connectivity index (χ3v) is 2.42. The second kappa shape index (κ2) is 5.09. The second-order valence-electron chi connectivity index (χ2n) is 4.44. The van der Waals surface area contributed by atoms with Gasteiger partial charge in [0.2, 0.25) is 0 Å². The molecule has 0 radical (unpaired) electrons. The van der Waals surface area contributed by atoms with Crippen molar-refractivity contribution in [3.05, 3.63) is 30.0 Å². The average molecular weight is 261 g/mol. The van der Waals surface area contributed by atoms with Crippen molar-refractivity contribution < 1.29 is 14.6 Å². The van der Waals surface area contributed by atoms with Crippen LogP contribution in [-0.4, -0.2) is 32.2 Å². The normalized spacial score (nSPS) is 10.7. The molecule has 1 aromatic heterocycles. The van der Waals surface area contributed by atoms with Crippen LogP contribution in [-0.2, 0) is 7.05 Å². The average Bonchev–Trinajstić information content (AvgIpc) is 2.74. The second-order valence-corrected chi connectivity index (χ2v) is 4.44. The van der Waals surface area contributed by atoms with E-state index in [9.17, 15) is 4.79 Å². The molecule has 0 bridgehead atoms. The van der Waals surface area contributed by atoms with Gasteiger partial charge in [-0.25, -0.2) is 4.79 Å². The number of aryl methyl sites for hydroxylation is 1. The minimum atomic E-state index is -1.00. The topological polar surface area (TPSA) is 77.2 Å².